The molecule has 4 rings (SSSR count). The van der Waals surface area contributed by atoms with E-state index < -0.39 is 0 Å². The van der Waals surface area contributed by atoms with Crippen LogP contribution in [0.1, 0.15) is 41.8 Å². The summed E-state index contributed by atoms with van der Waals surface area (Å²) in [5, 5.41) is 5.16. The SMILES string of the molecule is CSc1nc2nc(C)c(CC(=O)N(C)Cc3ccc(N4CCCCC4)cc3)c(C)n2n1. The lowest BCUT2D eigenvalue weighted by Gasteiger charge is -2.29. The first-order chi connectivity index (χ1) is 15.0. The normalized spacial score (nSPS) is 14.3. The standard InChI is InChI=1S/C23H30N6OS/c1-16-20(17(2)29-22(24-16)25-23(26-29)31-4)14-21(30)27(3)15-18-8-10-19(11-9-18)28-12-6-5-7-13-28/h8-11H,5-7,12-15H2,1-4H3. The Labute approximate surface area is 187 Å². The number of aryl methyl sites for hydroxylation is 2. The maximum absolute atomic E-state index is 13.0. The van der Waals surface area contributed by atoms with Gasteiger partial charge in [0.25, 0.3) is 5.78 Å². The lowest BCUT2D eigenvalue weighted by Crippen LogP contribution is -2.30. The highest BCUT2D eigenvalue weighted by Gasteiger charge is 2.18. The molecule has 0 aliphatic carbocycles. The number of fused-ring (bicyclic) bond motifs is 1. The molecule has 31 heavy (non-hydrogen) atoms. The molecule has 8 heteroatoms. The number of carbonyl (C=O) groups excluding carboxylic acids is 1. The Morgan fingerprint density at radius 1 is 1.10 bits per heavy atom. The van der Waals surface area contributed by atoms with Crippen LogP contribution in [0.3, 0.4) is 0 Å². The number of rotatable bonds is 6. The van der Waals surface area contributed by atoms with Crippen molar-refractivity contribution in [3.05, 3.63) is 46.8 Å². The van der Waals surface area contributed by atoms with Gasteiger partial charge >= 0.3 is 0 Å². The zero-order valence-electron chi connectivity index (χ0n) is 18.8. The maximum atomic E-state index is 13.0. The smallest absolute Gasteiger partial charge is 0.253 e. The second kappa shape index (κ2) is 9.26. The number of hydrogen-bond acceptors (Lipinski definition) is 6. The van der Waals surface area contributed by atoms with E-state index in [9.17, 15) is 4.79 Å². The van der Waals surface area contributed by atoms with Crippen molar-refractivity contribution in [2.75, 3.05) is 31.3 Å². The zero-order valence-corrected chi connectivity index (χ0v) is 19.6. The molecule has 0 radical (unpaired) electrons. The van der Waals surface area contributed by atoms with Gasteiger partial charge in [-0.15, -0.1) is 5.10 Å². The Morgan fingerprint density at radius 2 is 1.81 bits per heavy atom. The van der Waals surface area contributed by atoms with E-state index in [2.05, 4.69) is 44.2 Å². The number of nitrogens with zero attached hydrogens (tertiary/aromatic N) is 6. The monoisotopic (exact) mass is 438 g/mol. The molecule has 0 saturated carbocycles. The van der Waals surface area contributed by atoms with E-state index >= 15 is 0 Å². The van der Waals surface area contributed by atoms with Crippen LogP contribution in [0.2, 0.25) is 0 Å². The van der Waals surface area contributed by atoms with Crippen molar-refractivity contribution in [3.8, 4) is 0 Å². The molecule has 3 aromatic rings. The van der Waals surface area contributed by atoms with E-state index in [4.69, 9.17) is 0 Å². The van der Waals surface area contributed by atoms with Crippen molar-refractivity contribution in [1.29, 1.82) is 0 Å². The lowest BCUT2D eigenvalue weighted by atomic mass is 10.1. The third kappa shape index (κ3) is 4.69. The highest BCUT2D eigenvalue weighted by molar-refractivity contribution is 7.98. The summed E-state index contributed by atoms with van der Waals surface area (Å²) >= 11 is 1.48. The summed E-state index contributed by atoms with van der Waals surface area (Å²) in [5.41, 5.74) is 5.09. The van der Waals surface area contributed by atoms with Crippen molar-refractivity contribution in [1.82, 2.24) is 24.5 Å². The molecular formula is C23H30N6OS. The van der Waals surface area contributed by atoms with Gasteiger partial charge < -0.3 is 9.80 Å². The molecule has 1 amide bonds. The molecule has 0 N–H and O–H groups in total. The number of carbonyl (C=O) groups is 1. The highest BCUT2D eigenvalue weighted by Crippen LogP contribution is 2.21. The molecule has 1 aliphatic rings. The van der Waals surface area contributed by atoms with Gasteiger partial charge in [-0.1, -0.05) is 23.9 Å². The van der Waals surface area contributed by atoms with Crippen LogP contribution in [0.4, 0.5) is 5.69 Å². The van der Waals surface area contributed by atoms with Crippen LogP contribution >= 0.6 is 11.8 Å². The Balaban J connectivity index is 1.44. The van der Waals surface area contributed by atoms with Gasteiger partial charge in [0.1, 0.15) is 0 Å². The second-order valence-electron chi connectivity index (χ2n) is 8.21. The summed E-state index contributed by atoms with van der Waals surface area (Å²) in [6.07, 6.45) is 6.11. The van der Waals surface area contributed by atoms with Crippen LogP contribution < -0.4 is 4.90 Å². The minimum atomic E-state index is 0.0673. The minimum absolute atomic E-state index is 0.0673. The summed E-state index contributed by atoms with van der Waals surface area (Å²) in [7, 11) is 1.86. The number of anilines is 1. The van der Waals surface area contributed by atoms with Crippen molar-refractivity contribution >= 4 is 29.1 Å². The predicted octanol–water partition coefficient (Wildman–Crippen LogP) is 3.65. The zero-order chi connectivity index (χ0) is 22.0. The summed E-state index contributed by atoms with van der Waals surface area (Å²) in [5.74, 6) is 0.648. The summed E-state index contributed by atoms with van der Waals surface area (Å²) in [6.45, 7) is 6.77. The van der Waals surface area contributed by atoms with Gasteiger partial charge in [-0.05, 0) is 57.1 Å². The number of amides is 1. The number of aromatic nitrogens is 4. The van der Waals surface area contributed by atoms with Gasteiger partial charge in [0, 0.05) is 49.3 Å². The molecule has 1 aliphatic heterocycles. The minimum Gasteiger partial charge on any atom is -0.372 e. The van der Waals surface area contributed by atoms with Gasteiger partial charge in [0.05, 0.1) is 6.42 Å². The van der Waals surface area contributed by atoms with Gasteiger partial charge in [-0.2, -0.15) is 4.98 Å². The maximum Gasteiger partial charge on any atom is 0.253 e. The second-order valence-corrected chi connectivity index (χ2v) is 8.99. The molecule has 0 spiro atoms. The van der Waals surface area contributed by atoms with Gasteiger partial charge in [-0.3, -0.25) is 4.79 Å². The fourth-order valence-electron chi connectivity index (χ4n) is 4.14. The van der Waals surface area contributed by atoms with E-state index in [1.165, 1.54) is 36.7 Å². The first-order valence-electron chi connectivity index (χ1n) is 10.8. The van der Waals surface area contributed by atoms with Gasteiger partial charge in [-0.25, -0.2) is 9.50 Å². The fraction of sp³-hybridized carbons (Fsp3) is 0.478. The molecule has 2 aromatic heterocycles. The number of piperidine rings is 1. The molecular weight excluding hydrogens is 408 g/mol. The lowest BCUT2D eigenvalue weighted by molar-refractivity contribution is -0.129. The quantitative estimate of drug-likeness (QED) is 0.547. The van der Waals surface area contributed by atoms with Crippen molar-refractivity contribution in [2.45, 2.75) is 51.2 Å². The van der Waals surface area contributed by atoms with E-state index in [-0.39, 0.29) is 5.91 Å². The highest BCUT2D eigenvalue weighted by atomic mass is 32.2. The van der Waals surface area contributed by atoms with Crippen LogP contribution in [-0.2, 0) is 17.8 Å². The third-order valence-electron chi connectivity index (χ3n) is 6.04. The van der Waals surface area contributed by atoms with Crippen LogP contribution in [0.15, 0.2) is 29.4 Å². The first kappa shape index (κ1) is 21.6. The molecule has 0 unspecified atom stereocenters. The average molecular weight is 439 g/mol. The topological polar surface area (TPSA) is 66.6 Å². The van der Waals surface area contributed by atoms with E-state index in [0.29, 0.717) is 23.9 Å². The Morgan fingerprint density at radius 3 is 2.48 bits per heavy atom. The molecule has 1 aromatic carbocycles. The van der Waals surface area contributed by atoms with E-state index in [1.54, 1.807) is 9.42 Å². The molecule has 3 heterocycles. The van der Waals surface area contributed by atoms with Crippen molar-refractivity contribution < 1.29 is 4.79 Å². The largest absolute Gasteiger partial charge is 0.372 e. The third-order valence-corrected chi connectivity index (χ3v) is 6.58. The van der Waals surface area contributed by atoms with Crippen LogP contribution in [0.5, 0.6) is 0 Å². The summed E-state index contributed by atoms with van der Waals surface area (Å²) in [4.78, 5) is 26.2. The molecule has 164 valence electrons. The molecule has 0 bridgehead atoms. The summed E-state index contributed by atoms with van der Waals surface area (Å²) < 4.78 is 1.74. The molecule has 0 atom stereocenters. The van der Waals surface area contributed by atoms with Crippen LogP contribution in [0, 0.1) is 13.8 Å². The van der Waals surface area contributed by atoms with E-state index in [1.807, 2.05) is 27.2 Å². The Kier molecular flexibility index (Phi) is 6.46. The Hall–Kier alpha value is -2.61. The molecule has 7 nitrogen and oxygen atoms in total. The van der Waals surface area contributed by atoms with Crippen molar-refractivity contribution in [3.63, 3.8) is 0 Å². The average Bonchev–Trinajstić information content (AvgIpc) is 3.21. The molecule has 1 saturated heterocycles. The first-order valence-corrected chi connectivity index (χ1v) is 12.0. The predicted molar refractivity (Wildman–Crippen MR) is 125 cm³/mol. The summed E-state index contributed by atoms with van der Waals surface area (Å²) in [6, 6.07) is 8.63. The molecule has 1 fully saturated rings. The Bertz CT molecular complexity index is 1070. The van der Waals surface area contributed by atoms with Crippen LogP contribution in [0.25, 0.3) is 5.78 Å². The fourth-order valence-corrected chi connectivity index (χ4v) is 4.48. The van der Waals surface area contributed by atoms with Crippen LogP contribution in [-0.4, -0.2) is 56.8 Å². The number of likely N-dealkylation sites (N-methyl/N-ethyl adjacent to an activating group) is 1. The number of benzene rings is 1. The van der Waals surface area contributed by atoms with Gasteiger partial charge in [0.15, 0.2) is 0 Å². The number of hydrogen-bond donors (Lipinski definition) is 0. The van der Waals surface area contributed by atoms with Crippen molar-refractivity contribution in [2.24, 2.45) is 0 Å². The van der Waals surface area contributed by atoms with Gasteiger partial charge in [0.2, 0.25) is 11.1 Å². The van der Waals surface area contributed by atoms with E-state index in [0.717, 1.165) is 35.6 Å². The number of thioether (sulfide) groups is 1.